The fourth-order valence-electron chi connectivity index (χ4n) is 1.99. The van der Waals surface area contributed by atoms with E-state index in [1.165, 1.54) is 22.6 Å². The van der Waals surface area contributed by atoms with Crippen molar-refractivity contribution >= 4 is 28.4 Å². The highest BCUT2D eigenvalue weighted by atomic mass is 32.1. The Morgan fingerprint density at radius 1 is 1.38 bits per heavy atom. The predicted molar refractivity (Wildman–Crippen MR) is 64.7 cm³/mol. The van der Waals surface area contributed by atoms with Gasteiger partial charge in [-0.3, -0.25) is 4.79 Å². The lowest BCUT2D eigenvalue weighted by Gasteiger charge is -2.15. The van der Waals surface area contributed by atoms with Gasteiger partial charge in [0.05, 0.1) is 11.1 Å². The molecule has 1 aliphatic rings. The Morgan fingerprint density at radius 2 is 2.25 bits per heavy atom. The number of thiazole rings is 1. The van der Waals surface area contributed by atoms with Crippen molar-refractivity contribution in [3.05, 3.63) is 40.9 Å². The molecule has 80 valence electrons. The van der Waals surface area contributed by atoms with Crippen LogP contribution in [0.4, 0.5) is 10.8 Å². The van der Waals surface area contributed by atoms with E-state index in [1.54, 1.807) is 6.20 Å². The summed E-state index contributed by atoms with van der Waals surface area (Å²) in [5, 5.41) is 0.909. The van der Waals surface area contributed by atoms with Crippen LogP contribution in [0.15, 0.2) is 30.5 Å². The molecule has 2 heterocycles. The van der Waals surface area contributed by atoms with Gasteiger partial charge in [0.2, 0.25) is 0 Å². The van der Waals surface area contributed by atoms with Gasteiger partial charge in [-0.25, -0.2) is 4.98 Å². The summed E-state index contributed by atoms with van der Waals surface area (Å²) in [7, 11) is 0. The van der Waals surface area contributed by atoms with E-state index in [-0.39, 0.29) is 0 Å². The molecule has 0 spiro atoms. The maximum absolute atomic E-state index is 10.6. The van der Waals surface area contributed by atoms with E-state index in [0.717, 1.165) is 24.4 Å². The Kier molecular flexibility index (Phi) is 2.22. The highest BCUT2D eigenvalue weighted by molar-refractivity contribution is 7.17. The maximum atomic E-state index is 10.6. The number of carbonyl (C=O) groups is 1. The topological polar surface area (TPSA) is 33.2 Å². The molecule has 2 aromatic rings. The summed E-state index contributed by atoms with van der Waals surface area (Å²) in [5.41, 5.74) is 2.57. The number of para-hydroxylation sites is 1. The lowest BCUT2D eigenvalue weighted by atomic mass is 10.2. The number of hydrogen-bond donors (Lipinski definition) is 0. The number of carbonyl (C=O) groups excluding carboxylic acids is 1. The number of fused-ring (bicyclic) bond motifs is 1. The van der Waals surface area contributed by atoms with Gasteiger partial charge in [0.25, 0.3) is 0 Å². The van der Waals surface area contributed by atoms with Crippen molar-refractivity contribution in [1.29, 1.82) is 0 Å². The number of benzene rings is 1. The lowest BCUT2D eigenvalue weighted by Crippen LogP contribution is -2.12. The molecular weight excluding hydrogens is 220 g/mol. The molecule has 1 aliphatic heterocycles. The van der Waals surface area contributed by atoms with Crippen LogP contribution in [0.1, 0.15) is 15.2 Å². The molecule has 0 unspecified atom stereocenters. The standard InChI is InChI=1S/C12H10N2OS/c15-8-10-7-13-12(16-10)14-6-5-9-3-1-2-4-11(9)14/h1-4,7-8H,5-6H2. The zero-order valence-corrected chi connectivity index (χ0v) is 9.41. The smallest absolute Gasteiger partial charge is 0.190 e. The molecule has 0 fully saturated rings. The van der Waals surface area contributed by atoms with Gasteiger partial charge in [-0.05, 0) is 18.1 Å². The predicted octanol–water partition coefficient (Wildman–Crippen LogP) is 2.65. The second kappa shape index (κ2) is 3.72. The fourth-order valence-corrected chi connectivity index (χ4v) is 2.76. The van der Waals surface area contributed by atoms with Crippen LogP contribution in [0.3, 0.4) is 0 Å². The molecule has 1 aromatic carbocycles. The van der Waals surface area contributed by atoms with Crippen molar-refractivity contribution in [3.8, 4) is 0 Å². The summed E-state index contributed by atoms with van der Waals surface area (Å²) >= 11 is 1.44. The first-order valence-electron chi connectivity index (χ1n) is 5.15. The van der Waals surface area contributed by atoms with Gasteiger partial charge in [0.1, 0.15) is 0 Å². The van der Waals surface area contributed by atoms with Crippen LogP contribution in [0, 0.1) is 0 Å². The third-order valence-electron chi connectivity index (χ3n) is 2.75. The molecule has 0 bridgehead atoms. The Morgan fingerprint density at radius 3 is 3.06 bits per heavy atom. The van der Waals surface area contributed by atoms with Gasteiger partial charge in [-0.1, -0.05) is 29.5 Å². The summed E-state index contributed by atoms with van der Waals surface area (Å²) in [5.74, 6) is 0. The first-order chi connectivity index (χ1) is 7.88. The minimum absolute atomic E-state index is 0.680. The first-order valence-corrected chi connectivity index (χ1v) is 5.96. The van der Waals surface area contributed by atoms with Crippen molar-refractivity contribution in [1.82, 2.24) is 4.98 Å². The monoisotopic (exact) mass is 230 g/mol. The van der Waals surface area contributed by atoms with Crippen LogP contribution in [0.5, 0.6) is 0 Å². The average Bonchev–Trinajstić information content (AvgIpc) is 2.94. The molecule has 0 amide bonds. The van der Waals surface area contributed by atoms with Crippen LogP contribution in [-0.2, 0) is 6.42 Å². The van der Waals surface area contributed by atoms with Crippen molar-refractivity contribution in [2.75, 3.05) is 11.4 Å². The summed E-state index contributed by atoms with van der Waals surface area (Å²) in [6.07, 6.45) is 3.53. The molecule has 3 nitrogen and oxygen atoms in total. The van der Waals surface area contributed by atoms with E-state index in [2.05, 4.69) is 28.1 Å². The average molecular weight is 230 g/mol. The first kappa shape index (κ1) is 9.54. The minimum atomic E-state index is 0.680. The second-order valence-corrected chi connectivity index (χ2v) is 4.73. The highest BCUT2D eigenvalue weighted by Gasteiger charge is 2.21. The molecular formula is C12H10N2OS. The van der Waals surface area contributed by atoms with E-state index >= 15 is 0 Å². The molecule has 0 N–H and O–H groups in total. The van der Waals surface area contributed by atoms with Gasteiger partial charge in [0, 0.05) is 12.2 Å². The molecule has 16 heavy (non-hydrogen) atoms. The normalized spacial score (nSPS) is 13.9. The van der Waals surface area contributed by atoms with E-state index in [4.69, 9.17) is 0 Å². The lowest BCUT2D eigenvalue weighted by molar-refractivity contribution is 0.112. The SMILES string of the molecule is O=Cc1cnc(N2CCc3ccccc32)s1. The number of aromatic nitrogens is 1. The van der Waals surface area contributed by atoms with Crippen LogP contribution < -0.4 is 4.90 Å². The number of anilines is 2. The molecule has 4 heteroatoms. The van der Waals surface area contributed by atoms with Crippen molar-refractivity contribution in [2.24, 2.45) is 0 Å². The van der Waals surface area contributed by atoms with E-state index in [9.17, 15) is 4.79 Å². The molecule has 1 aromatic heterocycles. The summed E-state index contributed by atoms with van der Waals surface area (Å²) in [6, 6.07) is 8.33. The molecule has 0 atom stereocenters. The molecule has 0 saturated heterocycles. The Hall–Kier alpha value is -1.68. The third-order valence-corrected chi connectivity index (χ3v) is 3.69. The van der Waals surface area contributed by atoms with Crippen LogP contribution >= 0.6 is 11.3 Å². The third kappa shape index (κ3) is 1.42. The van der Waals surface area contributed by atoms with Crippen molar-refractivity contribution < 1.29 is 4.79 Å². The zero-order chi connectivity index (χ0) is 11.0. The highest BCUT2D eigenvalue weighted by Crippen LogP contribution is 2.35. The minimum Gasteiger partial charge on any atom is -0.317 e. The van der Waals surface area contributed by atoms with Crippen LogP contribution in [-0.4, -0.2) is 17.8 Å². The van der Waals surface area contributed by atoms with Gasteiger partial charge < -0.3 is 4.90 Å². The van der Waals surface area contributed by atoms with Gasteiger partial charge in [-0.15, -0.1) is 0 Å². The van der Waals surface area contributed by atoms with E-state index < -0.39 is 0 Å². The number of aldehydes is 1. The molecule has 3 rings (SSSR count). The van der Waals surface area contributed by atoms with Crippen molar-refractivity contribution in [3.63, 3.8) is 0 Å². The Labute approximate surface area is 97.4 Å². The molecule has 0 aliphatic carbocycles. The Balaban J connectivity index is 2.01. The zero-order valence-electron chi connectivity index (χ0n) is 8.59. The van der Waals surface area contributed by atoms with Crippen LogP contribution in [0.25, 0.3) is 0 Å². The summed E-state index contributed by atoms with van der Waals surface area (Å²) < 4.78 is 0. The quantitative estimate of drug-likeness (QED) is 0.744. The van der Waals surface area contributed by atoms with Crippen molar-refractivity contribution in [2.45, 2.75) is 6.42 Å². The molecule has 0 saturated carbocycles. The van der Waals surface area contributed by atoms with Gasteiger partial charge in [0.15, 0.2) is 11.4 Å². The second-order valence-electron chi connectivity index (χ2n) is 3.69. The van der Waals surface area contributed by atoms with Gasteiger partial charge in [-0.2, -0.15) is 0 Å². The van der Waals surface area contributed by atoms with E-state index in [1.807, 2.05) is 6.07 Å². The van der Waals surface area contributed by atoms with Crippen LogP contribution in [0.2, 0.25) is 0 Å². The summed E-state index contributed by atoms with van der Waals surface area (Å²) in [6.45, 7) is 0.950. The Bertz CT molecular complexity index is 535. The largest absolute Gasteiger partial charge is 0.317 e. The number of nitrogens with zero attached hydrogens (tertiary/aromatic N) is 2. The molecule has 0 radical (unpaired) electrons. The van der Waals surface area contributed by atoms with Gasteiger partial charge >= 0.3 is 0 Å². The fraction of sp³-hybridized carbons (Fsp3) is 0.167. The van der Waals surface area contributed by atoms with E-state index in [0.29, 0.717) is 4.88 Å². The maximum Gasteiger partial charge on any atom is 0.190 e. The number of rotatable bonds is 2. The summed E-state index contributed by atoms with van der Waals surface area (Å²) in [4.78, 5) is 17.8. The number of hydrogen-bond acceptors (Lipinski definition) is 4.